The number of rotatable bonds is 1. The van der Waals surface area contributed by atoms with Crippen LogP contribution in [0.4, 0.5) is 5.95 Å². The average Bonchev–Trinajstić information content (AvgIpc) is 3.23. The Morgan fingerprint density at radius 1 is 0.972 bits per heavy atom. The first-order valence-electron chi connectivity index (χ1n) is 11.9. The van der Waals surface area contributed by atoms with Gasteiger partial charge in [0.1, 0.15) is 0 Å². The smallest absolute Gasteiger partial charge is 0.257 e. The van der Waals surface area contributed by atoms with Crippen molar-refractivity contribution >= 4 is 34.5 Å². The highest BCUT2D eigenvalue weighted by molar-refractivity contribution is 6.09. The fraction of sp³-hybridized carbons (Fsp3) is 0.172. The lowest BCUT2D eigenvalue weighted by Crippen LogP contribution is -2.30. The van der Waals surface area contributed by atoms with Gasteiger partial charge < -0.3 is 14.9 Å². The maximum atomic E-state index is 13.3. The van der Waals surface area contributed by atoms with E-state index >= 15 is 0 Å². The van der Waals surface area contributed by atoms with E-state index in [9.17, 15) is 9.59 Å². The molecule has 1 aliphatic heterocycles. The molecule has 36 heavy (non-hydrogen) atoms. The molecule has 0 saturated heterocycles. The van der Waals surface area contributed by atoms with Crippen molar-refractivity contribution in [3.8, 4) is 0 Å². The monoisotopic (exact) mass is 477 g/mol. The number of amides is 2. The lowest BCUT2D eigenvalue weighted by atomic mass is 10.00. The van der Waals surface area contributed by atoms with E-state index in [4.69, 9.17) is 10.4 Å². The van der Waals surface area contributed by atoms with Crippen LogP contribution >= 0.6 is 0 Å². The predicted octanol–water partition coefficient (Wildman–Crippen LogP) is 5.18. The average molecular weight is 478 g/mol. The van der Waals surface area contributed by atoms with Gasteiger partial charge in [0.2, 0.25) is 11.9 Å². The fourth-order valence-electron chi connectivity index (χ4n) is 4.67. The zero-order valence-corrected chi connectivity index (χ0v) is 20.2. The molecule has 0 unspecified atom stereocenters. The lowest BCUT2D eigenvalue weighted by Gasteiger charge is -2.27. The van der Waals surface area contributed by atoms with Gasteiger partial charge in [-0.15, -0.1) is 0 Å². The number of likely N-dealkylation sites (N-methyl/N-ethyl adjacent to an activating group) is 1. The summed E-state index contributed by atoms with van der Waals surface area (Å²) in [4.78, 5) is 32.6. The van der Waals surface area contributed by atoms with Crippen LogP contribution in [0.3, 0.4) is 0 Å². The predicted molar refractivity (Wildman–Crippen MR) is 141 cm³/mol. The summed E-state index contributed by atoms with van der Waals surface area (Å²) in [6, 6.07) is 22.5. The number of aromatic nitrogens is 2. The number of para-hydroxylation sites is 2. The SMILES string of the molecule is CC[C@H]1c2cccc(c2)C(=O)Nc2nc3ccccc3n2Cc2cccc(c2)C(=N)/C=C\C(=O)N1C. The number of fused-ring (bicyclic) bond motifs is 7. The van der Waals surface area contributed by atoms with Crippen molar-refractivity contribution in [2.45, 2.75) is 25.9 Å². The van der Waals surface area contributed by atoms with E-state index in [1.54, 1.807) is 24.1 Å². The lowest BCUT2D eigenvalue weighted by molar-refractivity contribution is -0.127. The van der Waals surface area contributed by atoms with E-state index in [0.717, 1.165) is 22.2 Å². The molecule has 0 saturated carbocycles. The van der Waals surface area contributed by atoms with Gasteiger partial charge in [0.15, 0.2) is 0 Å². The van der Waals surface area contributed by atoms with Gasteiger partial charge in [-0.05, 0) is 59.5 Å². The molecule has 4 bridgehead atoms. The molecule has 1 aromatic heterocycles. The number of hydrogen-bond donors (Lipinski definition) is 2. The van der Waals surface area contributed by atoms with E-state index in [-0.39, 0.29) is 23.6 Å². The van der Waals surface area contributed by atoms with Crippen LogP contribution in [0.1, 0.15) is 46.4 Å². The third kappa shape index (κ3) is 4.43. The maximum absolute atomic E-state index is 13.3. The molecule has 5 rings (SSSR count). The van der Waals surface area contributed by atoms with Crippen molar-refractivity contribution in [2.75, 3.05) is 12.4 Å². The van der Waals surface area contributed by atoms with Crippen molar-refractivity contribution in [2.24, 2.45) is 0 Å². The van der Waals surface area contributed by atoms with Crippen LogP contribution in [-0.2, 0) is 11.3 Å². The fourth-order valence-corrected chi connectivity index (χ4v) is 4.67. The van der Waals surface area contributed by atoms with Crippen LogP contribution in [0.15, 0.2) is 84.9 Å². The summed E-state index contributed by atoms with van der Waals surface area (Å²) in [5.74, 6) is -0.0128. The van der Waals surface area contributed by atoms with E-state index in [0.29, 0.717) is 30.0 Å². The van der Waals surface area contributed by atoms with Gasteiger partial charge in [-0.2, -0.15) is 0 Å². The van der Waals surface area contributed by atoms with Gasteiger partial charge in [-0.1, -0.05) is 49.4 Å². The van der Waals surface area contributed by atoms with Crippen LogP contribution in [0.25, 0.3) is 11.0 Å². The standard InChI is InChI=1S/C29H27N5O2/c1-3-25-21-10-7-11-22(17-21)28(36)32-29-31-24-12-4-5-13-26(24)34(29)18-19-8-6-9-20(16-19)23(30)14-15-27(35)33(25)2/h4-17,25,30H,3,18H2,1-2H3,(H,31,32,36)/b15-14-,30-23?/t25-/m0/s1. The highest BCUT2D eigenvalue weighted by Crippen LogP contribution is 2.26. The number of nitrogens with one attached hydrogen (secondary N) is 2. The molecule has 2 amide bonds. The molecule has 0 aliphatic carbocycles. The van der Waals surface area contributed by atoms with Crippen molar-refractivity contribution in [3.63, 3.8) is 0 Å². The van der Waals surface area contributed by atoms with Crippen LogP contribution in [0.2, 0.25) is 0 Å². The summed E-state index contributed by atoms with van der Waals surface area (Å²) in [6.07, 6.45) is 3.66. The normalized spacial score (nSPS) is 17.4. The number of allylic oxidation sites excluding steroid dienone is 1. The molecule has 1 aliphatic rings. The van der Waals surface area contributed by atoms with Crippen molar-refractivity contribution in [1.82, 2.24) is 14.5 Å². The van der Waals surface area contributed by atoms with Gasteiger partial charge in [-0.3, -0.25) is 14.9 Å². The Morgan fingerprint density at radius 3 is 2.58 bits per heavy atom. The minimum atomic E-state index is -0.267. The number of nitrogens with zero attached hydrogens (tertiary/aromatic N) is 3. The van der Waals surface area contributed by atoms with E-state index in [1.807, 2.05) is 78.2 Å². The molecule has 0 spiro atoms. The third-order valence-electron chi connectivity index (χ3n) is 6.59. The zero-order chi connectivity index (χ0) is 25.2. The molecule has 3 aromatic carbocycles. The molecule has 0 fully saturated rings. The Hall–Kier alpha value is -4.52. The number of imidazole rings is 1. The van der Waals surface area contributed by atoms with Gasteiger partial charge in [-0.25, -0.2) is 4.98 Å². The molecule has 4 aromatic rings. The van der Waals surface area contributed by atoms with Gasteiger partial charge >= 0.3 is 0 Å². The summed E-state index contributed by atoms with van der Waals surface area (Å²) in [5, 5.41) is 11.5. The summed E-state index contributed by atoms with van der Waals surface area (Å²) >= 11 is 0. The summed E-state index contributed by atoms with van der Waals surface area (Å²) in [5.41, 5.74) is 4.96. The van der Waals surface area contributed by atoms with Crippen LogP contribution in [-0.4, -0.2) is 39.0 Å². The Bertz CT molecular complexity index is 1520. The number of carbonyl (C=O) groups excluding carboxylic acids is 2. The first-order valence-corrected chi connectivity index (χ1v) is 11.9. The van der Waals surface area contributed by atoms with Crippen LogP contribution in [0, 0.1) is 5.41 Å². The quantitative estimate of drug-likeness (QED) is 0.396. The second-order valence-corrected chi connectivity index (χ2v) is 8.91. The summed E-state index contributed by atoms with van der Waals surface area (Å²) < 4.78 is 1.97. The van der Waals surface area contributed by atoms with E-state index < -0.39 is 0 Å². The first-order chi connectivity index (χ1) is 17.4. The second kappa shape index (κ2) is 9.62. The van der Waals surface area contributed by atoms with E-state index in [1.165, 1.54) is 6.08 Å². The third-order valence-corrected chi connectivity index (χ3v) is 6.59. The van der Waals surface area contributed by atoms with Gasteiger partial charge in [0.05, 0.1) is 29.3 Å². The molecular weight excluding hydrogens is 450 g/mol. The molecule has 0 radical (unpaired) electrons. The topological polar surface area (TPSA) is 91.1 Å². The first kappa shape index (κ1) is 23.2. The molecule has 7 heteroatoms. The van der Waals surface area contributed by atoms with Gasteiger partial charge in [0.25, 0.3) is 5.91 Å². The van der Waals surface area contributed by atoms with Crippen molar-refractivity contribution in [1.29, 1.82) is 5.41 Å². The Morgan fingerprint density at radius 2 is 1.75 bits per heavy atom. The summed E-state index contributed by atoms with van der Waals surface area (Å²) in [6.45, 7) is 2.46. The Kier molecular flexibility index (Phi) is 6.21. The number of carbonyl (C=O) groups is 2. The van der Waals surface area contributed by atoms with E-state index in [2.05, 4.69) is 5.32 Å². The Labute approximate surface area is 209 Å². The second-order valence-electron chi connectivity index (χ2n) is 8.91. The van der Waals surface area contributed by atoms with Gasteiger partial charge in [0, 0.05) is 18.7 Å². The molecule has 1 atom stereocenters. The maximum Gasteiger partial charge on any atom is 0.257 e. The zero-order valence-electron chi connectivity index (χ0n) is 20.2. The van der Waals surface area contributed by atoms with Crippen LogP contribution in [0.5, 0.6) is 0 Å². The number of hydrogen-bond acceptors (Lipinski definition) is 4. The van der Waals surface area contributed by atoms with Crippen LogP contribution < -0.4 is 5.32 Å². The minimum absolute atomic E-state index is 0.200. The molecule has 180 valence electrons. The van der Waals surface area contributed by atoms with Crippen molar-refractivity contribution in [3.05, 3.63) is 107 Å². The number of benzene rings is 3. The Balaban J connectivity index is 1.66. The molecular formula is C29H27N5O2. The highest BCUT2D eigenvalue weighted by Gasteiger charge is 2.21. The molecule has 7 nitrogen and oxygen atoms in total. The largest absolute Gasteiger partial charge is 0.335 e. The summed E-state index contributed by atoms with van der Waals surface area (Å²) in [7, 11) is 1.74. The highest BCUT2D eigenvalue weighted by atomic mass is 16.2. The number of anilines is 1. The van der Waals surface area contributed by atoms with Crippen molar-refractivity contribution < 1.29 is 9.59 Å². The minimum Gasteiger partial charge on any atom is -0.335 e. The molecule has 2 N–H and O–H groups in total. The molecule has 2 heterocycles.